The van der Waals surface area contributed by atoms with Gasteiger partial charge in [-0.25, -0.2) is 0 Å². The second-order valence-corrected chi connectivity index (χ2v) is 9.08. The number of cyclic esters (lactones) is 1. The largest absolute Gasteiger partial charge is 0.451 e. The number of hydrogen-bond donors (Lipinski definition) is 1. The minimum Gasteiger partial charge on any atom is -0.451 e. The predicted molar refractivity (Wildman–Crippen MR) is 132 cm³/mol. The Bertz CT molecular complexity index is 810. The first-order valence-electron chi connectivity index (χ1n) is 12.4. The summed E-state index contributed by atoms with van der Waals surface area (Å²) in [5.41, 5.74) is 2.72. The lowest BCUT2D eigenvalue weighted by molar-refractivity contribution is -0.193. The van der Waals surface area contributed by atoms with Crippen molar-refractivity contribution >= 4 is 11.9 Å². The van der Waals surface area contributed by atoms with E-state index >= 15 is 0 Å². The molecule has 3 atom stereocenters. The normalized spacial score (nSPS) is 18.5. The van der Waals surface area contributed by atoms with E-state index in [1.54, 1.807) is 0 Å². The molecule has 2 aromatic carbocycles. The molecule has 3 rings (SSSR count). The molecular weight excluding hydrogens is 412 g/mol. The molecule has 1 amide bonds. The number of rotatable bonds is 14. The standard InChI is InChI=1S/C28H38N2O3/c1-3-22(2)25-26(33-28(25)32)27(31)29-18-21-30(19-10-16-23-12-6-4-7-13-23)20-11-17-24-14-8-5-9-15-24/h4-9,12-15,22,25-26H,3,10-11,16-21H2,1-2H3,(H,29,31)/t22-,25+,26-/m1/s1. The third-order valence-electron chi connectivity index (χ3n) is 6.65. The van der Waals surface area contributed by atoms with E-state index in [1.807, 2.05) is 26.0 Å². The zero-order chi connectivity index (χ0) is 23.5. The van der Waals surface area contributed by atoms with Gasteiger partial charge in [0.15, 0.2) is 6.10 Å². The van der Waals surface area contributed by atoms with Gasteiger partial charge in [0.25, 0.3) is 5.91 Å². The Balaban J connectivity index is 1.45. The highest BCUT2D eigenvalue weighted by atomic mass is 16.6. The summed E-state index contributed by atoms with van der Waals surface area (Å²) in [5.74, 6) is -0.543. The molecular formula is C28H38N2O3. The van der Waals surface area contributed by atoms with Crippen LogP contribution in [0.15, 0.2) is 60.7 Å². The average Bonchev–Trinajstić information content (AvgIpc) is 2.83. The number of carbonyl (C=O) groups excluding carboxylic acids is 2. The van der Waals surface area contributed by atoms with Crippen LogP contribution in [0.1, 0.15) is 44.2 Å². The number of aryl methyl sites for hydroxylation is 2. The lowest BCUT2D eigenvalue weighted by Gasteiger charge is -2.37. The number of hydrogen-bond acceptors (Lipinski definition) is 4. The molecule has 1 fully saturated rings. The van der Waals surface area contributed by atoms with Gasteiger partial charge in [-0.3, -0.25) is 9.59 Å². The van der Waals surface area contributed by atoms with E-state index in [9.17, 15) is 9.59 Å². The maximum absolute atomic E-state index is 12.6. The molecule has 0 spiro atoms. The summed E-state index contributed by atoms with van der Waals surface area (Å²) in [6, 6.07) is 21.1. The van der Waals surface area contributed by atoms with Gasteiger partial charge in [0.05, 0.1) is 0 Å². The van der Waals surface area contributed by atoms with Crippen LogP contribution in [0.3, 0.4) is 0 Å². The van der Waals surface area contributed by atoms with Gasteiger partial charge in [0, 0.05) is 13.1 Å². The van der Waals surface area contributed by atoms with Crippen molar-refractivity contribution in [2.24, 2.45) is 11.8 Å². The minimum atomic E-state index is -0.628. The summed E-state index contributed by atoms with van der Waals surface area (Å²) in [4.78, 5) is 26.8. The first kappa shape index (κ1) is 25.0. The molecule has 1 aliphatic heterocycles. The zero-order valence-electron chi connectivity index (χ0n) is 20.0. The van der Waals surface area contributed by atoms with E-state index in [-0.39, 0.29) is 23.7 Å². The number of nitrogens with zero attached hydrogens (tertiary/aromatic N) is 1. The summed E-state index contributed by atoms with van der Waals surface area (Å²) in [7, 11) is 0. The highest BCUT2D eigenvalue weighted by molar-refractivity contribution is 5.94. The number of ether oxygens (including phenoxy) is 1. The second kappa shape index (κ2) is 13.1. The number of carbonyl (C=O) groups is 2. The smallest absolute Gasteiger partial charge is 0.314 e. The van der Waals surface area contributed by atoms with Gasteiger partial charge in [-0.1, -0.05) is 80.9 Å². The van der Waals surface area contributed by atoms with Crippen LogP contribution in [0.2, 0.25) is 0 Å². The van der Waals surface area contributed by atoms with Gasteiger partial charge in [-0.05, 0) is 55.8 Å². The van der Waals surface area contributed by atoms with Crippen molar-refractivity contribution in [3.05, 3.63) is 71.8 Å². The molecule has 33 heavy (non-hydrogen) atoms. The maximum atomic E-state index is 12.6. The van der Waals surface area contributed by atoms with Crippen LogP contribution in [-0.4, -0.2) is 49.1 Å². The molecule has 5 nitrogen and oxygen atoms in total. The van der Waals surface area contributed by atoms with E-state index in [0.717, 1.165) is 51.7 Å². The van der Waals surface area contributed by atoms with Crippen LogP contribution in [0.4, 0.5) is 0 Å². The summed E-state index contributed by atoms with van der Waals surface area (Å²) in [6.07, 6.45) is 4.50. The quantitative estimate of drug-likeness (QED) is 0.437. The monoisotopic (exact) mass is 450 g/mol. The Kier molecular flexibility index (Phi) is 9.95. The third-order valence-corrected chi connectivity index (χ3v) is 6.65. The van der Waals surface area contributed by atoms with E-state index in [1.165, 1.54) is 11.1 Å². The Morgan fingerprint density at radius 3 is 1.97 bits per heavy atom. The van der Waals surface area contributed by atoms with Gasteiger partial charge in [-0.2, -0.15) is 0 Å². The van der Waals surface area contributed by atoms with Gasteiger partial charge in [-0.15, -0.1) is 0 Å². The molecule has 0 unspecified atom stereocenters. The molecule has 0 aliphatic carbocycles. The third kappa shape index (κ3) is 7.71. The Morgan fingerprint density at radius 2 is 1.48 bits per heavy atom. The van der Waals surface area contributed by atoms with Crippen LogP contribution < -0.4 is 5.32 Å². The molecule has 5 heteroatoms. The average molecular weight is 451 g/mol. The van der Waals surface area contributed by atoms with Crippen molar-refractivity contribution in [1.29, 1.82) is 0 Å². The van der Waals surface area contributed by atoms with E-state index in [2.05, 4.69) is 58.7 Å². The Morgan fingerprint density at radius 1 is 0.939 bits per heavy atom. The number of benzene rings is 2. The fourth-order valence-electron chi connectivity index (χ4n) is 4.41. The number of amides is 1. The summed E-state index contributed by atoms with van der Waals surface area (Å²) in [5, 5.41) is 3.00. The predicted octanol–water partition coefficient (Wildman–Crippen LogP) is 4.26. The highest BCUT2D eigenvalue weighted by Gasteiger charge is 2.49. The molecule has 0 aromatic heterocycles. The second-order valence-electron chi connectivity index (χ2n) is 9.08. The topological polar surface area (TPSA) is 58.6 Å². The van der Waals surface area contributed by atoms with Gasteiger partial charge >= 0.3 is 5.97 Å². The molecule has 2 aromatic rings. The molecule has 0 bridgehead atoms. The van der Waals surface area contributed by atoms with E-state index < -0.39 is 6.10 Å². The molecule has 1 aliphatic rings. The van der Waals surface area contributed by atoms with Gasteiger partial charge in [0.2, 0.25) is 0 Å². The molecule has 1 saturated heterocycles. The lowest BCUT2D eigenvalue weighted by atomic mass is 9.83. The van der Waals surface area contributed by atoms with Crippen LogP contribution in [0.25, 0.3) is 0 Å². The first-order valence-corrected chi connectivity index (χ1v) is 12.4. The summed E-state index contributed by atoms with van der Waals surface area (Å²) < 4.78 is 5.16. The van der Waals surface area contributed by atoms with Crippen LogP contribution in [0, 0.1) is 11.8 Å². The lowest BCUT2D eigenvalue weighted by Crippen LogP contribution is -2.56. The molecule has 0 radical (unpaired) electrons. The Hall–Kier alpha value is -2.66. The highest BCUT2D eigenvalue weighted by Crippen LogP contribution is 2.31. The van der Waals surface area contributed by atoms with Crippen LogP contribution >= 0.6 is 0 Å². The van der Waals surface area contributed by atoms with E-state index in [0.29, 0.717) is 6.54 Å². The van der Waals surface area contributed by atoms with Crippen molar-refractivity contribution in [3.63, 3.8) is 0 Å². The van der Waals surface area contributed by atoms with Crippen molar-refractivity contribution in [3.8, 4) is 0 Å². The minimum absolute atomic E-state index is 0.159. The van der Waals surface area contributed by atoms with Gasteiger partial charge in [0.1, 0.15) is 5.92 Å². The van der Waals surface area contributed by atoms with Crippen LogP contribution in [0.5, 0.6) is 0 Å². The number of esters is 1. The molecule has 0 saturated carbocycles. The summed E-state index contributed by atoms with van der Waals surface area (Å²) in [6.45, 7) is 7.39. The zero-order valence-corrected chi connectivity index (χ0v) is 20.0. The maximum Gasteiger partial charge on any atom is 0.314 e. The van der Waals surface area contributed by atoms with Crippen molar-refractivity contribution < 1.29 is 14.3 Å². The SMILES string of the molecule is CC[C@@H](C)[C@@H]1C(=O)O[C@H]1C(=O)NCCN(CCCc1ccccc1)CCCc1ccccc1. The van der Waals surface area contributed by atoms with Crippen molar-refractivity contribution in [2.45, 2.75) is 52.1 Å². The van der Waals surface area contributed by atoms with Crippen molar-refractivity contribution in [2.75, 3.05) is 26.2 Å². The Labute approximate surface area is 198 Å². The fraction of sp³-hybridized carbons (Fsp3) is 0.500. The first-order chi connectivity index (χ1) is 16.1. The van der Waals surface area contributed by atoms with E-state index in [4.69, 9.17) is 4.74 Å². The fourth-order valence-corrected chi connectivity index (χ4v) is 4.41. The van der Waals surface area contributed by atoms with Gasteiger partial charge < -0.3 is 15.0 Å². The summed E-state index contributed by atoms with van der Waals surface area (Å²) >= 11 is 0. The molecule has 1 N–H and O–H groups in total. The van der Waals surface area contributed by atoms with Crippen molar-refractivity contribution in [1.82, 2.24) is 10.2 Å². The molecule has 178 valence electrons. The number of nitrogens with one attached hydrogen (secondary N) is 1. The van der Waals surface area contributed by atoms with Crippen LogP contribution in [-0.2, 0) is 27.2 Å². The molecule has 1 heterocycles.